The van der Waals surface area contributed by atoms with Crippen molar-refractivity contribution < 1.29 is 14.3 Å². The third kappa shape index (κ3) is 4.04. The molecule has 2 aliphatic rings. The number of nitrogens with one attached hydrogen (secondary N) is 2. The van der Waals surface area contributed by atoms with Crippen LogP contribution in [0.5, 0.6) is 5.75 Å². The van der Waals surface area contributed by atoms with Crippen LogP contribution in [0.25, 0.3) is 0 Å². The van der Waals surface area contributed by atoms with E-state index in [-0.39, 0.29) is 17.7 Å². The summed E-state index contributed by atoms with van der Waals surface area (Å²) in [5.74, 6) is 0.388. The zero-order chi connectivity index (χ0) is 19.5. The fourth-order valence-corrected chi connectivity index (χ4v) is 5.03. The summed E-state index contributed by atoms with van der Waals surface area (Å²) >= 11 is 1.47. The zero-order valence-electron chi connectivity index (χ0n) is 16.0. The van der Waals surface area contributed by atoms with Crippen molar-refractivity contribution in [2.45, 2.75) is 56.9 Å². The molecular weight excluding hydrogens is 374 g/mol. The summed E-state index contributed by atoms with van der Waals surface area (Å²) in [4.78, 5) is 30.9. The molecule has 7 heteroatoms. The molecule has 1 unspecified atom stereocenters. The smallest absolute Gasteiger partial charge is 0.257 e. The molecule has 0 spiro atoms. The molecule has 1 heterocycles. The lowest BCUT2D eigenvalue weighted by molar-refractivity contribution is -0.123. The molecule has 0 saturated heterocycles. The number of amides is 2. The molecular formula is C21H25N3O3S. The van der Waals surface area contributed by atoms with Crippen molar-refractivity contribution in [1.82, 2.24) is 10.3 Å². The van der Waals surface area contributed by atoms with E-state index in [9.17, 15) is 9.59 Å². The quantitative estimate of drug-likeness (QED) is 0.799. The highest BCUT2D eigenvalue weighted by atomic mass is 32.1. The third-order valence-electron chi connectivity index (χ3n) is 5.56. The second-order valence-electron chi connectivity index (χ2n) is 7.44. The van der Waals surface area contributed by atoms with Gasteiger partial charge in [-0.3, -0.25) is 14.9 Å². The van der Waals surface area contributed by atoms with Crippen LogP contribution in [0.1, 0.15) is 65.4 Å². The molecule has 2 amide bonds. The first-order chi connectivity index (χ1) is 13.6. The van der Waals surface area contributed by atoms with E-state index in [0.29, 0.717) is 22.5 Å². The van der Waals surface area contributed by atoms with Crippen molar-refractivity contribution in [2.24, 2.45) is 0 Å². The number of carbonyl (C=O) groups is 2. The van der Waals surface area contributed by atoms with Gasteiger partial charge in [0.25, 0.3) is 5.91 Å². The van der Waals surface area contributed by atoms with Crippen LogP contribution in [-0.2, 0) is 11.2 Å². The van der Waals surface area contributed by atoms with Gasteiger partial charge in [0.2, 0.25) is 5.91 Å². The lowest BCUT2D eigenvalue weighted by Gasteiger charge is -2.24. The van der Waals surface area contributed by atoms with Crippen molar-refractivity contribution in [1.29, 1.82) is 0 Å². The van der Waals surface area contributed by atoms with Crippen LogP contribution in [-0.4, -0.2) is 29.9 Å². The highest BCUT2D eigenvalue weighted by molar-refractivity contribution is 7.16. The predicted molar refractivity (Wildman–Crippen MR) is 109 cm³/mol. The second kappa shape index (κ2) is 8.31. The first-order valence-corrected chi connectivity index (χ1v) is 10.7. The van der Waals surface area contributed by atoms with E-state index in [2.05, 4.69) is 15.6 Å². The highest BCUT2D eigenvalue weighted by Crippen LogP contribution is 2.38. The van der Waals surface area contributed by atoms with Crippen LogP contribution in [0.2, 0.25) is 0 Å². The molecule has 2 aromatic rings. The Labute approximate surface area is 168 Å². The Morgan fingerprint density at radius 2 is 1.86 bits per heavy atom. The topological polar surface area (TPSA) is 80.3 Å². The number of hydrogen-bond acceptors (Lipinski definition) is 5. The Hall–Kier alpha value is -2.41. The molecule has 1 aromatic heterocycles. The number of ether oxygens (including phenoxy) is 1. The number of aryl methyl sites for hydroxylation is 1. The Bertz CT molecular complexity index is 856. The van der Waals surface area contributed by atoms with Crippen LogP contribution >= 0.6 is 11.3 Å². The van der Waals surface area contributed by atoms with Gasteiger partial charge in [-0.2, -0.15) is 0 Å². The number of aromatic nitrogens is 1. The number of benzene rings is 1. The van der Waals surface area contributed by atoms with Crippen LogP contribution in [0, 0.1) is 0 Å². The Kier molecular flexibility index (Phi) is 5.62. The van der Waals surface area contributed by atoms with E-state index < -0.39 is 0 Å². The Morgan fingerprint density at radius 3 is 2.57 bits per heavy atom. The molecule has 6 nitrogen and oxygen atoms in total. The zero-order valence-corrected chi connectivity index (χ0v) is 16.8. The fraction of sp³-hybridized carbons (Fsp3) is 0.476. The highest BCUT2D eigenvalue weighted by Gasteiger charge is 2.33. The first-order valence-electron chi connectivity index (χ1n) is 9.89. The molecule has 4 rings (SSSR count). The fourth-order valence-electron chi connectivity index (χ4n) is 4.00. The molecule has 1 saturated carbocycles. The van der Waals surface area contributed by atoms with E-state index in [0.717, 1.165) is 36.3 Å². The molecule has 2 aliphatic carbocycles. The number of thiazole rings is 1. The summed E-state index contributed by atoms with van der Waals surface area (Å²) in [6.07, 6.45) is 7.45. The number of anilines is 1. The summed E-state index contributed by atoms with van der Waals surface area (Å²) in [5, 5.41) is 6.63. The van der Waals surface area contributed by atoms with Gasteiger partial charge in [0.15, 0.2) is 5.13 Å². The Balaban J connectivity index is 1.41. The number of methoxy groups -OCH3 is 1. The van der Waals surface area contributed by atoms with Crippen molar-refractivity contribution in [3.05, 3.63) is 40.4 Å². The van der Waals surface area contributed by atoms with Gasteiger partial charge in [0.05, 0.1) is 18.7 Å². The minimum Gasteiger partial charge on any atom is -0.497 e. The monoisotopic (exact) mass is 399 g/mol. The van der Waals surface area contributed by atoms with Crippen LogP contribution in [0.15, 0.2) is 24.3 Å². The second-order valence-corrected chi connectivity index (χ2v) is 8.53. The first kappa shape index (κ1) is 18.9. The van der Waals surface area contributed by atoms with Gasteiger partial charge in [0.1, 0.15) is 5.75 Å². The average Bonchev–Trinajstić information content (AvgIpc) is 3.28. The van der Waals surface area contributed by atoms with Gasteiger partial charge < -0.3 is 10.1 Å². The number of fused-ring (bicyclic) bond motifs is 1. The van der Waals surface area contributed by atoms with Crippen molar-refractivity contribution in [3.63, 3.8) is 0 Å². The molecule has 28 heavy (non-hydrogen) atoms. The van der Waals surface area contributed by atoms with Gasteiger partial charge in [-0.05, 0) is 49.9 Å². The molecule has 2 N–H and O–H groups in total. The standard InChI is InChI=1S/C21H25N3O3S/c1-27-15-9-7-13(8-10-15)19(25)24-21-23-18-16(11-12-17(18)28-21)20(26)22-14-5-3-2-4-6-14/h7-10,14,16H,2-6,11-12H2,1H3,(H,22,26)(H,23,24,25). The van der Waals surface area contributed by atoms with Crippen LogP contribution in [0.4, 0.5) is 5.13 Å². The summed E-state index contributed by atoms with van der Waals surface area (Å²) in [7, 11) is 1.59. The number of rotatable bonds is 5. The van der Waals surface area contributed by atoms with Gasteiger partial charge >= 0.3 is 0 Å². The summed E-state index contributed by atoms with van der Waals surface area (Å²) in [6, 6.07) is 7.24. The van der Waals surface area contributed by atoms with Gasteiger partial charge in [0, 0.05) is 16.5 Å². The molecule has 0 radical (unpaired) electrons. The van der Waals surface area contributed by atoms with E-state index in [4.69, 9.17) is 4.74 Å². The average molecular weight is 400 g/mol. The predicted octanol–water partition coefficient (Wildman–Crippen LogP) is 3.88. The molecule has 1 aromatic carbocycles. The minimum atomic E-state index is -0.210. The SMILES string of the molecule is COc1ccc(C(=O)Nc2nc3c(s2)CCC3C(=O)NC2CCCCC2)cc1. The van der Waals surface area contributed by atoms with Gasteiger partial charge in [-0.25, -0.2) is 4.98 Å². The largest absolute Gasteiger partial charge is 0.497 e. The summed E-state index contributed by atoms with van der Waals surface area (Å²) in [6.45, 7) is 0. The van der Waals surface area contributed by atoms with Gasteiger partial charge in [-0.1, -0.05) is 19.3 Å². The normalized spacial score (nSPS) is 19.1. The molecule has 1 atom stereocenters. The number of nitrogens with zero attached hydrogens (tertiary/aromatic N) is 1. The molecule has 0 aliphatic heterocycles. The molecule has 1 fully saturated rings. The summed E-state index contributed by atoms with van der Waals surface area (Å²) < 4.78 is 5.12. The minimum absolute atomic E-state index is 0.0870. The van der Waals surface area contributed by atoms with E-state index in [1.54, 1.807) is 31.4 Å². The van der Waals surface area contributed by atoms with Crippen molar-refractivity contribution in [2.75, 3.05) is 12.4 Å². The van der Waals surface area contributed by atoms with E-state index >= 15 is 0 Å². The van der Waals surface area contributed by atoms with Crippen LogP contribution in [0.3, 0.4) is 0 Å². The maximum Gasteiger partial charge on any atom is 0.257 e. The summed E-state index contributed by atoms with van der Waals surface area (Å²) in [5.41, 5.74) is 1.38. The lowest BCUT2D eigenvalue weighted by Crippen LogP contribution is -2.38. The van der Waals surface area contributed by atoms with Crippen LogP contribution < -0.4 is 15.4 Å². The van der Waals surface area contributed by atoms with Gasteiger partial charge in [-0.15, -0.1) is 11.3 Å². The lowest BCUT2D eigenvalue weighted by atomic mass is 9.94. The van der Waals surface area contributed by atoms with Crippen molar-refractivity contribution in [3.8, 4) is 5.75 Å². The van der Waals surface area contributed by atoms with E-state index in [1.807, 2.05) is 0 Å². The maximum atomic E-state index is 12.7. The van der Waals surface area contributed by atoms with E-state index in [1.165, 1.54) is 30.6 Å². The maximum absolute atomic E-state index is 12.7. The molecule has 0 bridgehead atoms. The molecule has 148 valence electrons. The van der Waals surface area contributed by atoms with Crippen molar-refractivity contribution >= 4 is 28.3 Å². The third-order valence-corrected chi connectivity index (χ3v) is 6.60. The Morgan fingerprint density at radius 1 is 1.11 bits per heavy atom. The number of hydrogen-bond donors (Lipinski definition) is 2. The number of carbonyl (C=O) groups excluding carboxylic acids is 2.